The van der Waals surface area contributed by atoms with E-state index in [-0.39, 0.29) is 17.8 Å². The van der Waals surface area contributed by atoms with Crippen molar-refractivity contribution in [3.63, 3.8) is 0 Å². The largest absolute Gasteiger partial charge is 0.351 e. The van der Waals surface area contributed by atoms with E-state index in [1.807, 2.05) is 0 Å². The van der Waals surface area contributed by atoms with Crippen molar-refractivity contribution in [1.29, 1.82) is 0 Å². The van der Waals surface area contributed by atoms with Gasteiger partial charge < -0.3 is 10.6 Å². The van der Waals surface area contributed by atoms with Crippen molar-refractivity contribution >= 4 is 21.8 Å². The molecule has 3 nitrogen and oxygen atoms in total. The van der Waals surface area contributed by atoms with Crippen molar-refractivity contribution < 1.29 is 9.18 Å². The van der Waals surface area contributed by atoms with Crippen molar-refractivity contribution in [2.24, 2.45) is 0 Å². The first-order valence-electron chi connectivity index (χ1n) is 6.12. The maximum atomic E-state index is 13.3. The lowest BCUT2D eigenvalue weighted by Crippen LogP contribution is -2.46. The molecule has 0 radical (unpaired) electrons. The van der Waals surface area contributed by atoms with Crippen molar-refractivity contribution in [3.05, 3.63) is 34.1 Å². The molecule has 1 atom stereocenters. The topological polar surface area (TPSA) is 41.1 Å². The summed E-state index contributed by atoms with van der Waals surface area (Å²) in [5.41, 5.74) is 0.764. The highest BCUT2D eigenvalue weighted by Crippen LogP contribution is 2.16. The molecule has 1 aliphatic rings. The fraction of sp³-hybridized carbons (Fsp3) is 0.462. The monoisotopic (exact) mass is 314 g/mol. The van der Waals surface area contributed by atoms with Crippen LogP contribution in [0.1, 0.15) is 24.8 Å². The van der Waals surface area contributed by atoms with E-state index in [0.29, 0.717) is 11.0 Å². The molecule has 1 aromatic rings. The number of carbonyl (C=O) groups excluding carboxylic acids is 1. The zero-order valence-electron chi connectivity index (χ0n) is 10.0. The van der Waals surface area contributed by atoms with Crippen LogP contribution in [0, 0.1) is 5.82 Å². The van der Waals surface area contributed by atoms with Crippen LogP contribution in [-0.2, 0) is 11.3 Å². The summed E-state index contributed by atoms with van der Waals surface area (Å²) in [5, 5.41) is 6.01. The molecule has 2 N–H and O–H groups in total. The quantitative estimate of drug-likeness (QED) is 0.899. The molecule has 1 unspecified atom stereocenters. The summed E-state index contributed by atoms with van der Waals surface area (Å²) >= 11 is 3.10. The van der Waals surface area contributed by atoms with E-state index < -0.39 is 0 Å². The molecule has 1 heterocycles. The average Bonchev–Trinajstić information content (AvgIpc) is 2.41. The van der Waals surface area contributed by atoms with Gasteiger partial charge in [-0.15, -0.1) is 0 Å². The van der Waals surface area contributed by atoms with Crippen LogP contribution < -0.4 is 10.6 Å². The Balaban J connectivity index is 1.86. The number of halogens is 2. The SMILES string of the molecule is O=C(NCc1ccc(Br)c(F)c1)C1CCCCN1. The molecule has 98 valence electrons. The van der Waals surface area contributed by atoms with Crippen molar-refractivity contribution in [3.8, 4) is 0 Å². The normalized spacial score (nSPS) is 19.6. The summed E-state index contributed by atoms with van der Waals surface area (Å²) in [4.78, 5) is 11.8. The van der Waals surface area contributed by atoms with Crippen LogP contribution in [0.5, 0.6) is 0 Å². The highest BCUT2D eigenvalue weighted by Gasteiger charge is 2.19. The van der Waals surface area contributed by atoms with Gasteiger partial charge in [0.1, 0.15) is 5.82 Å². The fourth-order valence-electron chi connectivity index (χ4n) is 2.04. The number of hydrogen-bond acceptors (Lipinski definition) is 2. The molecule has 5 heteroatoms. The first-order chi connectivity index (χ1) is 8.66. The smallest absolute Gasteiger partial charge is 0.237 e. The second kappa shape index (κ2) is 6.29. The Morgan fingerprint density at radius 2 is 2.33 bits per heavy atom. The predicted octanol–water partition coefficient (Wildman–Crippen LogP) is 2.35. The van der Waals surface area contributed by atoms with Gasteiger partial charge in [0, 0.05) is 6.54 Å². The minimum atomic E-state index is -0.308. The zero-order valence-corrected chi connectivity index (χ0v) is 11.6. The molecule has 18 heavy (non-hydrogen) atoms. The molecule has 1 fully saturated rings. The maximum Gasteiger partial charge on any atom is 0.237 e. The van der Waals surface area contributed by atoms with Gasteiger partial charge >= 0.3 is 0 Å². The maximum absolute atomic E-state index is 13.3. The van der Waals surface area contributed by atoms with Gasteiger partial charge in [0.15, 0.2) is 0 Å². The van der Waals surface area contributed by atoms with Gasteiger partial charge in [-0.3, -0.25) is 4.79 Å². The molecule has 0 spiro atoms. The van der Waals surface area contributed by atoms with Gasteiger partial charge in [0.2, 0.25) is 5.91 Å². The minimum absolute atomic E-state index is 0.00183. The van der Waals surface area contributed by atoms with Crippen molar-refractivity contribution in [2.75, 3.05) is 6.54 Å². The van der Waals surface area contributed by atoms with Gasteiger partial charge in [0.25, 0.3) is 0 Å². The van der Waals surface area contributed by atoms with E-state index in [0.717, 1.165) is 31.4 Å². The molecular formula is C13H16BrFN2O. The molecule has 0 aromatic heterocycles. The first-order valence-corrected chi connectivity index (χ1v) is 6.91. The third kappa shape index (κ3) is 3.53. The standard InChI is InChI=1S/C13H16BrFN2O/c14-10-5-4-9(7-11(10)15)8-17-13(18)12-3-1-2-6-16-12/h4-5,7,12,16H,1-3,6,8H2,(H,17,18). The summed E-state index contributed by atoms with van der Waals surface area (Å²) in [7, 11) is 0. The van der Waals surface area contributed by atoms with Crippen LogP contribution >= 0.6 is 15.9 Å². The molecule has 0 bridgehead atoms. The van der Waals surface area contributed by atoms with Crippen molar-refractivity contribution in [1.82, 2.24) is 10.6 Å². The summed E-state index contributed by atoms with van der Waals surface area (Å²) in [6, 6.07) is 4.77. The fourth-order valence-corrected chi connectivity index (χ4v) is 2.28. The van der Waals surface area contributed by atoms with E-state index in [2.05, 4.69) is 26.6 Å². The Labute approximate surface area is 114 Å². The molecular weight excluding hydrogens is 299 g/mol. The number of carbonyl (C=O) groups is 1. The molecule has 1 saturated heterocycles. The van der Waals surface area contributed by atoms with Crippen molar-refractivity contribution in [2.45, 2.75) is 31.8 Å². The Hall–Kier alpha value is -0.940. The van der Waals surface area contributed by atoms with E-state index in [9.17, 15) is 9.18 Å². The van der Waals surface area contributed by atoms with Gasteiger partial charge in [-0.25, -0.2) is 4.39 Å². The van der Waals surface area contributed by atoms with Crippen LogP contribution in [0.15, 0.2) is 22.7 Å². The lowest BCUT2D eigenvalue weighted by molar-refractivity contribution is -0.123. The summed E-state index contributed by atoms with van der Waals surface area (Å²) < 4.78 is 13.7. The Bertz CT molecular complexity index is 433. The zero-order chi connectivity index (χ0) is 13.0. The average molecular weight is 315 g/mol. The second-order valence-corrected chi connectivity index (χ2v) is 5.32. The third-order valence-electron chi connectivity index (χ3n) is 3.08. The minimum Gasteiger partial charge on any atom is -0.351 e. The Kier molecular flexibility index (Phi) is 4.72. The van der Waals surface area contributed by atoms with Gasteiger partial charge in [-0.1, -0.05) is 12.5 Å². The number of nitrogens with one attached hydrogen (secondary N) is 2. The first kappa shape index (κ1) is 13.5. The molecule has 0 saturated carbocycles. The Morgan fingerprint density at radius 1 is 1.50 bits per heavy atom. The lowest BCUT2D eigenvalue weighted by atomic mass is 10.0. The summed E-state index contributed by atoms with van der Waals surface area (Å²) in [5.74, 6) is -0.310. The Morgan fingerprint density at radius 3 is 3.00 bits per heavy atom. The second-order valence-electron chi connectivity index (χ2n) is 4.47. The highest BCUT2D eigenvalue weighted by atomic mass is 79.9. The van der Waals surface area contributed by atoms with Gasteiger partial charge in [-0.2, -0.15) is 0 Å². The van der Waals surface area contributed by atoms with E-state index in [4.69, 9.17) is 0 Å². The molecule has 0 aliphatic carbocycles. The molecule has 2 rings (SSSR count). The van der Waals surface area contributed by atoms with Gasteiger partial charge in [0.05, 0.1) is 10.5 Å². The number of rotatable bonds is 3. The van der Waals surface area contributed by atoms with Crippen LogP contribution in [0.4, 0.5) is 4.39 Å². The third-order valence-corrected chi connectivity index (χ3v) is 3.72. The van der Waals surface area contributed by atoms with Gasteiger partial charge in [-0.05, 0) is 53.0 Å². The van der Waals surface area contributed by atoms with Crippen LogP contribution in [0.25, 0.3) is 0 Å². The number of piperidine rings is 1. The molecule has 1 amide bonds. The summed E-state index contributed by atoms with van der Waals surface area (Å²) in [6.45, 7) is 1.26. The highest BCUT2D eigenvalue weighted by molar-refractivity contribution is 9.10. The van der Waals surface area contributed by atoms with E-state index >= 15 is 0 Å². The van der Waals surface area contributed by atoms with E-state index in [1.165, 1.54) is 6.07 Å². The summed E-state index contributed by atoms with van der Waals surface area (Å²) in [6.07, 6.45) is 3.08. The van der Waals surface area contributed by atoms with E-state index in [1.54, 1.807) is 12.1 Å². The number of benzene rings is 1. The van der Waals surface area contributed by atoms with Crippen LogP contribution in [0.3, 0.4) is 0 Å². The van der Waals surface area contributed by atoms with Crippen LogP contribution in [-0.4, -0.2) is 18.5 Å². The number of amides is 1. The number of hydrogen-bond donors (Lipinski definition) is 2. The molecule has 1 aliphatic heterocycles. The predicted molar refractivity (Wildman–Crippen MR) is 71.6 cm³/mol. The lowest BCUT2D eigenvalue weighted by Gasteiger charge is -2.22. The molecule has 1 aromatic carbocycles. The van der Waals surface area contributed by atoms with Crippen LogP contribution in [0.2, 0.25) is 0 Å².